The molecule has 0 aliphatic rings. The maximum atomic E-state index is 11.1. The first-order valence-corrected chi connectivity index (χ1v) is 6.69. The molecule has 2 rings (SSSR count). The lowest BCUT2D eigenvalue weighted by Gasteiger charge is -1.99. The van der Waals surface area contributed by atoms with Crippen LogP contribution in [0.15, 0.2) is 34.1 Å². The van der Waals surface area contributed by atoms with Gasteiger partial charge in [-0.05, 0) is 12.1 Å². The van der Waals surface area contributed by atoms with Crippen molar-refractivity contribution in [3.8, 4) is 17.3 Å². The fourth-order valence-corrected chi connectivity index (χ4v) is 2.72. The SMILES string of the molecule is N#CC(C(N)=O)c1nc(-c2cccc(Br)c2)cs1. The first kappa shape index (κ1) is 12.7. The Morgan fingerprint density at radius 1 is 1.56 bits per heavy atom. The molecule has 0 spiro atoms. The summed E-state index contributed by atoms with van der Waals surface area (Å²) in [5, 5.41) is 11.1. The molecular weight excluding hydrogens is 314 g/mol. The summed E-state index contributed by atoms with van der Waals surface area (Å²) in [7, 11) is 0. The Bertz CT molecular complexity index is 632. The number of carbonyl (C=O) groups is 1. The standard InChI is InChI=1S/C12H8BrN3OS/c13-8-3-1-2-7(4-8)10-6-18-12(16-10)9(5-14)11(15)17/h1-4,6,9H,(H2,15,17). The number of primary amides is 1. The number of halogens is 1. The maximum absolute atomic E-state index is 11.1. The number of nitriles is 1. The van der Waals surface area contributed by atoms with Gasteiger partial charge in [0.05, 0.1) is 11.8 Å². The molecule has 4 nitrogen and oxygen atoms in total. The lowest BCUT2D eigenvalue weighted by Crippen LogP contribution is -2.19. The lowest BCUT2D eigenvalue weighted by atomic mass is 10.1. The highest BCUT2D eigenvalue weighted by molar-refractivity contribution is 9.10. The van der Waals surface area contributed by atoms with Gasteiger partial charge in [-0.15, -0.1) is 11.3 Å². The van der Waals surface area contributed by atoms with Gasteiger partial charge in [-0.1, -0.05) is 28.1 Å². The zero-order valence-electron chi connectivity index (χ0n) is 9.13. The van der Waals surface area contributed by atoms with Crippen LogP contribution in [0.3, 0.4) is 0 Å². The second kappa shape index (κ2) is 5.29. The average Bonchev–Trinajstić information content (AvgIpc) is 2.79. The predicted molar refractivity (Wildman–Crippen MR) is 72.8 cm³/mol. The van der Waals surface area contributed by atoms with E-state index in [-0.39, 0.29) is 0 Å². The average molecular weight is 322 g/mol. The summed E-state index contributed by atoms with van der Waals surface area (Å²) in [6, 6.07) is 9.50. The Kier molecular flexibility index (Phi) is 3.75. The second-order valence-corrected chi connectivity index (χ2v) is 5.35. The van der Waals surface area contributed by atoms with Crippen molar-refractivity contribution in [3.05, 3.63) is 39.1 Å². The number of benzene rings is 1. The molecule has 0 fully saturated rings. The summed E-state index contributed by atoms with van der Waals surface area (Å²) in [5.74, 6) is -1.65. The van der Waals surface area contributed by atoms with Gasteiger partial charge in [-0.2, -0.15) is 5.26 Å². The molecule has 2 aromatic rings. The van der Waals surface area contributed by atoms with Gasteiger partial charge < -0.3 is 5.73 Å². The maximum Gasteiger partial charge on any atom is 0.241 e. The monoisotopic (exact) mass is 321 g/mol. The highest BCUT2D eigenvalue weighted by Gasteiger charge is 2.21. The third-order valence-electron chi connectivity index (χ3n) is 2.30. The number of hydrogen-bond acceptors (Lipinski definition) is 4. The largest absolute Gasteiger partial charge is 0.368 e. The summed E-state index contributed by atoms with van der Waals surface area (Å²) in [4.78, 5) is 15.4. The molecule has 1 aromatic carbocycles. The van der Waals surface area contributed by atoms with E-state index in [1.165, 1.54) is 11.3 Å². The molecule has 90 valence electrons. The molecule has 0 radical (unpaired) electrons. The van der Waals surface area contributed by atoms with Crippen molar-refractivity contribution in [3.63, 3.8) is 0 Å². The van der Waals surface area contributed by atoms with Crippen LogP contribution in [-0.2, 0) is 4.79 Å². The summed E-state index contributed by atoms with van der Waals surface area (Å²) in [5.41, 5.74) is 6.81. The number of nitrogens with zero attached hydrogens (tertiary/aromatic N) is 2. The van der Waals surface area contributed by atoms with E-state index in [4.69, 9.17) is 11.0 Å². The van der Waals surface area contributed by atoms with Crippen LogP contribution in [0.5, 0.6) is 0 Å². The van der Waals surface area contributed by atoms with Crippen LogP contribution in [0.2, 0.25) is 0 Å². The van der Waals surface area contributed by atoms with Gasteiger partial charge in [0.2, 0.25) is 5.91 Å². The van der Waals surface area contributed by atoms with Crippen molar-refractivity contribution in [2.24, 2.45) is 5.73 Å². The van der Waals surface area contributed by atoms with Crippen LogP contribution in [-0.4, -0.2) is 10.9 Å². The summed E-state index contributed by atoms with van der Waals surface area (Å²) >= 11 is 4.64. The van der Waals surface area contributed by atoms with Crippen molar-refractivity contribution >= 4 is 33.2 Å². The molecule has 1 heterocycles. The van der Waals surface area contributed by atoms with Crippen LogP contribution in [0.4, 0.5) is 0 Å². The normalized spacial score (nSPS) is 11.8. The van der Waals surface area contributed by atoms with Crippen LogP contribution in [0.25, 0.3) is 11.3 Å². The van der Waals surface area contributed by atoms with Gasteiger partial charge in [0.25, 0.3) is 0 Å². The molecule has 2 N–H and O–H groups in total. The Morgan fingerprint density at radius 3 is 2.94 bits per heavy atom. The molecule has 0 aliphatic heterocycles. The first-order chi connectivity index (χ1) is 8.61. The van der Waals surface area contributed by atoms with E-state index < -0.39 is 11.8 Å². The Labute approximate surface area is 116 Å². The van der Waals surface area contributed by atoms with E-state index in [0.717, 1.165) is 15.7 Å². The van der Waals surface area contributed by atoms with Crippen LogP contribution in [0, 0.1) is 11.3 Å². The highest BCUT2D eigenvalue weighted by atomic mass is 79.9. The number of amides is 1. The Hall–Kier alpha value is -1.71. The van der Waals surface area contributed by atoms with E-state index in [9.17, 15) is 4.79 Å². The van der Waals surface area contributed by atoms with Gasteiger partial charge in [0, 0.05) is 15.4 Å². The Morgan fingerprint density at radius 2 is 2.33 bits per heavy atom. The van der Waals surface area contributed by atoms with Gasteiger partial charge in [-0.25, -0.2) is 4.98 Å². The minimum atomic E-state index is -0.976. The Balaban J connectivity index is 2.37. The zero-order chi connectivity index (χ0) is 13.1. The molecular formula is C12H8BrN3OS. The number of thiazole rings is 1. The zero-order valence-corrected chi connectivity index (χ0v) is 11.5. The third kappa shape index (κ3) is 2.58. The fourth-order valence-electron chi connectivity index (χ4n) is 1.44. The van der Waals surface area contributed by atoms with Gasteiger partial charge in [0.1, 0.15) is 5.01 Å². The number of carbonyl (C=O) groups excluding carboxylic acids is 1. The first-order valence-electron chi connectivity index (χ1n) is 5.02. The van der Waals surface area contributed by atoms with E-state index in [1.54, 1.807) is 0 Å². The summed E-state index contributed by atoms with van der Waals surface area (Å²) in [6.45, 7) is 0. The van der Waals surface area contributed by atoms with Crippen molar-refractivity contribution in [2.45, 2.75) is 5.92 Å². The molecule has 0 saturated heterocycles. The van der Waals surface area contributed by atoms with E-state index in [2.05, 4.69) is 20.9 Å². The van der Waals surface area contributed by atoms with E-state index in [0.29, 0.717) is 5.01 Å². The number of nitrogens with two attached hydrogens (primary N) is 1. The molecule has 1 aromatic heterocycles. The van der Waals surface area contributed by atoms with E-state index >= 15 is 0 Å². The topological polar surface area (TPSA) is 79.8 Å². The van der Waals surface area contributed by atoms with Crippen molar-refractivity contribution in [1.29, 1.82) is 5.26 Å². The van der Waals surface area contributed by atoms with Crippen LogP contribution >= 0.6 is 27.3 Å². The minimum Gasteiger partial charge on any atom is -0.368 e. The van der Waals surface area contributed by atoms with Gasteiger partial charge >= 0.3 is 0 Å². The lowest BCUT2D eigenvalue weighted by molar-refractivity contribution is -0.118. The van der Waals surface area contributed by atoms with E-state index in [1.807, 2.05) is 35.7 Å². The quantitative estimate of drug-likeness (QED) is 0.943. The smallest absolute Gasteiger partial charge is 0.241 e. The number of rotatable bonds is 3. The molecule has 0 saturated carbocycles. The molecule has 1 amide bonds. The fraction of sp³-hybridized carbons (Fsp3) is 0.0833. The van der Waals surface area contributed by atoms with Crippen molar-refractivity contribution in [1.82, 2.24) is 4.98 Å². The molecule has 1 atom stereocenters. The molecule has 0 bridgehead atoms. The summed E-state index contributed by atoms with van der Waals surface area (Å²) in [6.07, 6.45) is 0. The summed E-state index contributed by atoms with van der Waals surface area (Å²) < 4.78 is 0.946. The van der Waals surface area contributed by atoms with Crippen LogP contribution < -0.4 is 5.73 Å². The van der Waals surface area contributed by atoms with Gasteiger partial charge in [0.15, 0.2) is 5.92 Å². The van der Waals surface area contributed by atoms with Gasteiger partial charge in [-0.3, -0.25) is 4.79 Å². The molecule has 0 aliphatic carbocycles. The van der Waals surface area contributed by atoms with Crippen molar-refractivity contribution in [2.75, 3.05) is 0 Å². The third-order valence-corrected chi connectivity index (χ3v) is 3.71. The predicted octanol–water partition coefficient (Wildman–Crippen LogP) is 2.67. The molecule has 18 heavy (non-hydrogen) atoms. The minimum absolute atomic E-state index is 0.431. The number of hydrogen-bond donors (Lipinski definition) is 1. The molecule has 6 heteroatoms. The second-order valence-electron chi connectivity index (χ2n) is 3.55. The number of aromatic nitrogens is 1. The highest BCUT2D eigenvalue weighted by Crippen LogP contribution is 2.27. The molecule has 1 unspecified atom stereocenters. The van der Waals surface area contributed by atoms with Crippen LogP contribution in [0.1, 0.15) is 10.9 Å². The van der Waals surface area contributed by atoms with Crippen molar-refractivity contribution < 1.29 is 4.79 Å².